The number of rotatable bonds is 6. The Balaban J connectivity index is 1.72. The number of Topliss-reactive ketones (excluding diaryl/α,β-unsaturated/α-hetero) is 1. The molecule has 6 heteroatoms. The second kappa shape index (κ2) is 8.37. The molecule has 0 aliphatic carbocycles. The molecule has 1 aliphatic rings. The van der Waals surface area contributed by atoms with Gasteiger partial charge in [0.15, 0.2) is 0 Å². The van der Waals surface area contributed by atoms with Gasteiger partial charge in [-0.25, -0.2) is 4.98 Å². The predicted octanol–water partition coefficient (Wildman–Crippen LogP) is 3.70. The molecule has 0 bridgehead atoms. The van der Waals surface area contributed by atoms with Crippen LogP contribution >= 0.6 is 0 Å². The molecule has 1 atom stereocenters. The number of aliphatic hydroxyl groups excluding tert-OH is 1. The number of nitrogens with zero attached hydrogens (tertiary/aromatic N) is 3. The summed E-state index contributed by atoms with van der Waals surface area (Å²) in [6.45, 7) is 3.06. The number of aliphatic hydroxyl groups is 1. The fourth-order valence-electron chi connectivity index (χ4n) is 3.80. The lowest BCUT2D eigenvalue weighted by molar-refractivity contribution is -0.139. The maximum absolute atomic E-state index is 12.9. The minimum Gasteiger partial charge on any atom is -0.507 e. The van der Waals surface area contributed by atoms with Crippen molar-refractivity contribution in [1.29, 1.82) is 0 Å². The summed E-state index contributed by atoms with van der Waals surface area (Å²) in [6, 6.07) is 16.0. The van der Waals surface area contributed by atoms with Crippen LogP contribution in [0, 0.1) is 6.92 Å². The molecule has 6 nitrogen and oxygen atoms in total. The smallest absolute Gasteiger partial charge is 0.295 e. The maximum atomic E-state index is 12.9. The lowest BCUT2D eigenvalue weighted by atomic mass is 9.94. The van der Waals surface area contributed by atoms with Gasteiger partial charge < -0.3 is 14.6 Å². The van der Waals surface area contributed by atoms with Crippen LogP contribution in [0.4, 0.5) is 0 Å². The summed E-state index contributed by atoms with van der Waals surface area (Å²) in [5, 5.41) is 11.0. The van der Waals surface area contributed by atoms with E-state index < -0.39 is 17.7 Å². The van der Waals surface area contributed by atoms with Gasteiger partial charge in [-0.05, 0) is 18.9 Å². The number of aromatic nitrogens is 2. The van der Waals surface area contributed by atoms with Gasteiger partial charge in [0.1, 0.15) is 5.76 Å². The highest BCUT2D eigenvalue weighted by Crippen LogP contribution is 2.39. The Labute approximate surface area is 175 Å². The molecule has 2 aromatic carbocycles. The highest BCUT2D eigenvalue weighted by atomic mass is 16.3. The van der Waals surface area contributed by atoms with E-state index >= 15 is 0 Å². The fourth-order valence-corrected chi connectivity index (χ4v) is 3.80. The van der Waals surface area contributed by atoms with Crippen molar-refractivity contribution in [3.05, 3.63) is 95.6 Å². The van der Waals surface area contributed by atoms with Gasteiger partial charge in [-0.15, -0.1) is 0 Å². The van der Waals surface area contributed by atoms with Crippen LogP contribution in [0.25, 0.3) is 5.76 Å². The largest absolute Gasteiger partial charge is 0.507 e. The number of hydrogen-bond acceptors (Lipinski definition) is 4. The van der Waals surface area contributed by atoms with E-state index in [1.54, 1.807) is 41.7 Å². The molecule has 0 saturated carbocycles. The van der Waals surface area contributed by atoms with Crippen molar-refractivity contribution >= 4 is 17.4 Å². The maximum Gasteiger partial charge on any atom is 0.295 e. The van der Waals surface area contributed by atoms with Crippen molar-refractivity contribution in [2.24, 2.45) is 0 Å². The van der Waals surface area contributed by atoms with Crippen LogP contribution in [0.2, 0.25) is 0 Å². The van der Waals surface area contributed by atoms with E-state index in [-0.39, 0.29) is 11.3 Å². The summed E-state index contributed by atoms with van der Waals surface area (Å²) in [7, 11) is 0. The molecule has 1 fully saturated rings. The number of carbonyl (C=O) groups excluding carboxylic acids is 2. The van der Waals surface area contributed by atoms with Crippen LogP contribution in [-0.4, -0.2) is 37.8 Å². The van der Waals surface area contributed by atoms with E-state index in [1.165, 1.54) is 0 Å². The molecular formula is C24H23N3O3. The van der Waals surface area contributed by atoms with Gasteiger partial charge in [0, 0.05) is 31.0 Å². The van der Waals surface area contributed by atoms with Crippen LogP contribution < -0.4 is 0 Å². The Bertz CT molecular complexity index is 1070. The molecule has 1 aliphatic heterocycles. The Kier molecular flexibility index (Phi) is 5.48. The SMILES string of the molecule is Cc1ccc(C2C(=C(O)c3ccccc3)C(=O)C(=O)N2CCCn2ccnc2)cc1. The molecular weight excluding hydrogens is 378 g/mol. The zero-order valence-electron chi connectivity index (χ0n) is 16.7. The molecule has 2 heterocycles. The van der Waals surface area contributed by atoms with Crippen molar-refractivity contribution in [3.63, 3.8) is 0 Å². The quantitative estimate of drug-likeness (QED) is 0.388. The third-order valence-electron chi connectivity index (χ3n) is 5.35. The Hall–Kier alpha value is -3.67. The Morgan fingerprint density at radius 1 is 1.03 bits per heavy atom. The second-order valence-electron chi connectivity index (χ2n) is 7.42. The minimum absolute atomic E-state index is 0.137. The lowest BCUT2D eigenvalue weighted by Crippen LogP contribution is -2.31. The monoisotopic (exact) mass is 401 g/mol. The molecule has 0 radical (unpaired) electrons. The van der Waals surface area contributed by atoms with E-state index in [2.05, 4.69) is 4.98 Å². The Morgan fingerprint density at radius 3 is 2.43 bits per heavy atom. The van der Waals surface area contributed by atoms with E-state index in [0.717, 1.165) is 11.1 Å². The molecule has 1 aromatic heterocycles. The van der Waals surface area contributed by atoms with E-state index in [0.29, 0.717) is 25.1 Å². The summed E-state index contributed by atoms with van der Waals surface area (Å²) in [5.74, 6) is -1.37. The molecule has 0 spiro atoms. The van der Waals surface area contributed by atoms with Crippen LogP contribution in [0.1, 0.15) is 29.2 Å². The summed E-state index contributed by atoms with van der Waals surface area (Å²) in [5.41, 5.74) is 2.54. The standard InChI is InChI=1S/C24H23N3O3/c1-17-8-10-18(11-9-17)21-20(22(28)19-6-3-2-4-7-19)23(29)24(30)27(21)14-5-13-26-15-12-25-16-26/h2-4,6-12,15-16,21,28H,5,13-14H2,1H3. The molecule has 3 aromatic rings. The number of imidazole rings is 1. The average molecular weight is 401 g/mol. The third kappa shape index (κ3) is 3.76. The van der Waals surface area contributed by atoms with Crippen LogP contribution in [0.3, 0.4) is 0 Å². The zero-order chi connectivity index (χ0) is 21.1. The van der Waals surface area contributed by atoms with Gasteiger partial charge in [-0.1, -0.05) is 60.2 Å². The minimum atomic E-state index is -0.649. The van der Waals surface area contributed by atoms with Crippen molar-refractivity contribution < 1.29 is 14.7 Å². The van der Waals surface area contributed by atoms with E-state index in [9.17, 15) is 14.7 Å². The van der Waals surface area contributed by atoms with Crippen molar-refractivity contribution in [2.45, 2.75) is 25.9 Å². The van der Waals surface area contributed by atoms with Gasteiger partial charge in [-0.2, -0.15) is 0 Å². The van der Waals surface area contributed by atoms with Gasteiger partial charge in [-0.3, -0.25) is 9.59 Å². The first-order valence-electron chi connectivity index (χ1n) is 9.92. The van der Waals surface area contributed by atoms with Crippen LogP contribution in [0.5, 0.6) is 0 Å². The molecule has 1 saturated heterocycles. The van der Waals surface area contributed by atoms with E-state index in [1.807, 2.05) is 48.0 Å². The first-order valence-corrected chi connectivity index (χ1v) is 9.92. The average Bonchev–Trinajstić information content (AvgIpc) is 3.37. The summed E-state index contributed by atoms with van der Waals surface area (Å²) in [4.78, 5) is 31.5. The first-order chi connectivity index (χ1) is 14.6. The number of carbonyl (C=O) groups is 2. The zero-order valence-corrected chi connectivity index (χ0v) is 16.7. The lowest BCUT2D eigenvalue weighted by Gasteiger charge is -2.25. The number of ketones is 1. The molecule has 4 rings (SSSR count). The number of amides is 1. The fraction of sp³-hybridized carbons (Fsp3) is 0.208. The molecule has 1 unspecified atom stereocenters. The number of benzene rings is 2. The third-order valence-corrected chi connectivity index (χ3v) is 5.35. The number of aryl methyl sites for hydroxylation is 2. The summed E-state index contributed by atoms with van der Waals surface area (Å²) < 4.78 is 1.93. The number of likely N-dealkylation sites (tertiary alicyclic amines) is 1. The second-order valence-corrected chi connectivity index (χ2v) is 7.42. The normalized spacial score (nSPS) is 18.2. The molecule has 1 amide bonds. The van der Waals surface area contributed by atoms with Crippen LogP contribution in [-0.2, 0) is 16.1 Å². The number of hydrogen-bond donors (Lipinski definition) is 1. The summed E-state index contributed by atoms with van der Waals surface area (Å²) >= 11 is 0. The predicted molar refractivity (Wildman–Crippen MR) is 113 cm³/mol. The summed E-state index contributed by atoms with van der Waals surface area (Å²) in [6.07, 6.45) is 5.96. The first kappa shape index (κ1) is 19.6. The van der Waals surface area contributed by atoms with Gasteiger partial charge in [0.25, 0.3) is 11.7 Å². The Morgan fingerprint density at radius 2 is 1.77 bits per heavy atom. The van der Waals surface area contributed by atoms with Gasteiger partial charge in [0.05, 0.1) is 17.9 Å². The van der Waals surface area contributed by atoms with Gasteiger partial charge >= 0.3 is 0 Å². The topological polar surface area (TPSA) is 75.4 Å². The van der Waals surface area contributed by atoms with Crippen molar-refractivity contribution in [2.75, 3.05) is 6.54 Å². The van der Waals surface area contributed by atoms with Crippen molar-refractivity contribution in [1.82, 2.24) is 14.5 Å². The van der Waals surface area contributed by atoms with Crippen molar-refractivity contribution in [3.8, 4) is 0 Å². The highest BCUT2D eigenvalue weighted by molar-refractivity contribution is 6.46. The molecule has 30 heavy (non-hydrogen) atoms. The highest BCUT2D eigenvalue weighted by Gasteiger charge is 2.45. The molecule has 152 valence electrons. The van der Waals surface area contributed by atoms with E-state index in [4.69, 9.17) is 0 Å². The van der Waals surface area contributed by atoms with Gasteiger partial charge in [0.2, 0.25) is 0 Å². The van der Waals surface area contributed by atoms with Crippen LogP contribution in [0.15, 0.2) is 78.9 Å². The molecule has 1 N–H and O–H groups in total.